The molecule has 0 saturated carbocycles. The van der Waals surface area contributed by atoms with E-state index in [-0.39, 0.29) is 12.5 Å². The normalized spacial score (nSPS) is 10.9. The second kappa shape index (κ2) is 7.93. The predicted octanol–water partition coefficient (Wildman–Crippen LogP) is 5.11. The van der Waals surface area contributed by atoms with Gasteiger partial charge in [-0.05, 0) is 50.2 Å². The number of aromatic nitrogens is 3. The average Bonchev–Trinajstić information content (AvgIpc) is 3.29. The molecule has 0 saturated heterocycles. The fraction of sp³-hybridized carbons (Fsp3) is 0.136. The lowest BCUT2D eigenvalue weighted by molar-refractivity contribution is -0.116. The van der Waals surface area contributed by atoms with Crippen molar-refractivity contribution in [2.24, 2.45) is 0 Å². The van der Waals surface area contributed by atoms with Gasteiger partial charge in [0.25, 0.3) is 0 Å². The Morgan fingerprint density at radius 2 is 1.79 bits per heavy atom. The van der Waals surface area contributed by atoms with E-state index in [0.717, 1.165) is 22.5 Å². The quantitative estimate of drug-likeness (QED) is 0.499. The number of hydrogen-bond acceptors (Lipinski definition) is 4. The van der Waals surface area contributed by atoms with Crippen LogP contribution in [0.1, 0.15) is 11.4 Å². The first-order valence-corrected chi connectivity index (χ1v) is 9.50. The molecule has 1 amide bonds. The summed E-state index contributed by atoms with van der Waals surface area (Å²) in [5, 5.41) is 11.8. The van der Waals surface area contributed by atoms with Crippen molar-refractivity contribution in [1.29, 1.82) is 0 Å². The summed E-state index contributed by atoms with van der Waals surface area (Å²) in [6.45, 7) is 4.04. The Labute approximate surface area is 173 Å². The minimum atomic E-state index is -0.142. The highest BCUT2D eigenvalue weighted by Crippen LogP contribution is 2.28. The number of rotatable bonds is 5. The number of nitrogens with zero attached hydrogens (tertiary/aromatic N) is 3. The molecule has 4 aromatic rings. The Balaban J connectivity index is 1.55. The molecule has 0 aliphatic rings. The third-order valence-corrected chi connectivity index (χ3v) is 4.89. The molecule has 0 radical (unpaired) electrons. The molecule has 7 heteroatoms. The molecular formula is C22H19ClN4O2. The van der Waals surface area contributed by atoms with Crippen LogP contribution in [0, 0.1) is 13.8 Å². The van der Waals surface area contributed by atoms with Gasteiger partial charge in [0.05, 0.1) is 5.56 Å². The lowest BCUT2D eigenvalue weighted by Crippen LogP contribution is -2.20. The molecule has 0 bridgehead atoms. The molecule has 0 aliphatic heterocycles. The van der Waals surface area contributed by atoms with Gasteiger partial charge < -0.3 is 14.3 Å². The van der Waals surface area contributed by atoms with Crippen LogP contribution in [-0.2, 0) is 11.3 Å². The topological polar surface area (TPSA) is 73.0 Å². The van der Waals surface area contributed by atoms with Crippen LogP contribution in [0.5, 0.6) is 0 Å². The zero-order valence-electron chi connectivity index (χ0n) is 16.0. The second-order valence-electron chi connectivity index (χ2n) is 6.71. The Kier molecular flexibility index (Phi) is 5.18. The summed E-state index contributed by atoms with van der Waals surface area (Å²) >= 11 is 5.98. The Bertz CT molecular complexity index is 1160. The van der Waals surface area contributed by atoms with Gasteiger partial charge >= 0.3 is 0 Å². The van der Waals surface area contributed by atoms with Crippen molar-refractivity contribution >= 4 is 23.2 Å². The van der Waals surface area contributed by atoms with E-state index in [4.69, 9.17) is 16.0 Å². The van der Waals surface area contributed by atoms with Gasteiger partial charge in [0, 0.05) is 27.7 Å². The summed E-state index contributed by atoms with van der Waals surface area (Å²) in [6.07, 6.45) is 0. The summed E-state index contributed by atoms with van der Waals surface area (Å²) in [5.74, 6) is 0.749. The zero-order valence-corrected chi connectivity index (χ0v) is 16.8. The first-order chi connectivity index (χ1) is 14.0. The van der Waals surface area contributed by atoms with E-state index in [1.807, 2.05) is 54.8 Å². The number of amides is 1. The van der Waals surface area contributed by atoms with Gasteiger partial charge in [-0.15, -0.1) is 10.2 Å². The minimum Gasteiger partial charge on any atom is -0.416 e. The molecule has 1 N–H and O–H groups in total. The molecule has 0 unspecified atom stereocenters. The van der Waals surface area contributed by atoms with Crippen LogP contribution in [0.3, 0.4) is 0 Å². The van der Waals surface area contributed by atoms with Crippen LogP contribution < -0.4 is 5.32 Å². The molecule has 2 aromatic heterocycles. The van der Waals surface area contributed by atoms with E-state index in [9.17, 15) is 4.79 Å². The van der Waals surface area contributed by atoms with Crippen LogP contribution in [0.25, 0.3) is 22.9 Å². The fourth-order valence-corrected chi connectivity index (χ4v) is 3.39. The monoisotopic (exact) mass is 406 g/mol. The summed E-state index contributed by atoms with van der Waals surface area (Å²) in [5.41, 5.74) is 4.15. The third kappa shape index (κ3) is 4.07. The summed E-state index contributed by atoms with van der Waals surface area (Å²) in [6, 6.07) is 18.6. The first-order valence-electron chi connectivity index (χ1n) is 9.12. The summed E-state index contributed by atoms with van der Waals surface area (Å²) < 4.78 is 7.79. The minimum absolute atomic E-state index is 0.142. The maximum Gasteiger partial charge on any atom is 0.249 e. The number of anilines is 1. The third-order valence-electron chi connectivity index (χ3n) is 4.66. The number of carbonyl (C=O) groups is 1. The number of halogens is 1. The van der Waals surface area contributed by atoms with Gasteiger partial charge in [-0.3, -0.25) is 4.79 Å². The highest BCUT2D eigenvalue weighted by Gasteiger charge is 2.18. The van der Waals surface area contributed by atoms with Crippen LogP contribution in [-0.4, -0.2) is 20.7 Å². The lowest BCUT2D eigenvalue weighted by atomic mass is 10.2. The van der Waals surface area contributed by atoms with Crippen molar-refractivity contribution in [1.82, 2.24) is 14.8 Å². The maximum atomic E-state index is 12.5. The van der Waals surface area contributed by atoms with Crippen molar-refractivity contribution in [2.75, 3.05) is 5.32 Å². The molecule has 146 valence electrons. The van der Waals surface area contributed by atoms with Crippen molar-refractivity contribution < 1.29 is 9.21 Å². The Hall–Kier alpha value is -3.38. The smallest absolute Gasteiger partial charge is 0.249 e. The van der Waals surface area contributed by atoms with Crippen molar-refractivity contribution in [3.63, 3.8) is 0 Å². The number of aryl methyl sites for hydroxylation is 1. The standard InChI is InChI=1S/C22H19ClN4O2/c1-14-11-19(22-26-25-21(29-22)16-7-4-3-5-8-16)15(2)27(14)13-20(28)24-18-10-6-9-17(23)12-18/h3-12H,13H2,1-2H3,(H,24,28). The molecule has 2 heterocycles. The van der Waals surface area contributed by atoms with Crippen LogP contribution >= 0.6 is 11.6 Å². The summed E-state index contributed by atoms with van der Waals surface area (Å²) in [4.78, 5) is 12.5. The second-order valence-corrected chi connectivity index (χ2v) is 7.14. The predicted molar refractivity (Wildman–Crippen MR) is 113 cm³/mol. The van der Waals surface area contributed by atoms with E-state index >= 15 is 0 Å². The Morgan fingerprint density at radius 3 is 2.55 bits per heavy atom. The van der Waals surface area contributed by atoms with Gasteiger partial charge in [0.15, 0.2) is 0 Å². The van der Waals surface area contributed by atoms with E-state index < -0.39 is 0 Å². The van der Waals surface area contributed by atoms with E-state index in [1.54, 1.807) is 24.3 Å². The van der Waals surface area contributed by atoms with Gasteiger partial charge in [0.1, 0.15) is 6.54 Å². The van der Waals surface area contributed by atoms with Gasteiger partial charge in [0.2, 0.25) is 17.7 Å². The molecule has 0 fully saturated rings. The highest BCUT2D eigenvalue weighted by atomic mass is 35.5. The molecular weight excluding hydrogens is 388 g/mol. The van der Waals surface area contributed by atoms with E-state index in [2.05, 4.69) is 15.5 Å². The largest absolute Gasteiger partial charge is 0.416 e. The maximum absolute atomic E-state index is 12.5. The molecule has 0 spiro atoms. The molecule has 0 aliphatic carbocycles. The molecule has 6 nitrogen and oxygen atoms in total. The van der Waals surface area contributed by atoms with Gasteiger partial charge in [-0.25, -0.2) is 0 Å². The lowest BCUT2D eigenvalue weighted by Gasteiger charge is -2.10. The fourth-order valence-electron chi connectivity index (χ4n) is 3.20. The highest BCUT2D eigenvalue weighted by molar-refractivity contribution is 6.30. The van der Waals surface area contributed by atoms with E-state index in [0.29, 0.717) is 22.5 Å². The van der Waals surface area contributed by atoms with Gasteiger partial charge in [-0.2, -0.15) is 0 Å². The molecule has 4 rings (SSSR count). The molecule has 2 aromatic carbocycles. The summed E-state index contributed by atoms with van der Waals surface area (Å²) in [7, 11) is 0. The van der Waals surface area contributed by atoms with E-state index in [1.165, 1.54) is 0 Å². The van der Waals surface area contributed by atoms with Crippen molar-refractivity contribution in [2.45, 2.75) is 20.4 Å². The van der Waals surface area contributed by atoms with Crippen LogP contribution in [0.4, 0.5) is 5.69 Å². The molecule has 0 atom stereocenters. The number of hydrogen-bond donors (Lipinski definition) is 1. The zero-order chi connectivity index (χ0) is 20.4. The van der Waals surface area contributed by atoms with Crippen LogP contribution in [0.15, 0.2) is 65.1 Å². The molecule has 29 heavy (non-hydrogen) atoms. The first kappa shape index (κ1) is 19.0. The van der Waals surface area contributed by atoms with Crippen molar-refractivity contribution in [3.05, 3.63) is 77.1 Å². The SMILES string of the molecule is Cc1cc(-c2nnc(-c3ccccc3)o2)c(C)n1CC(=O)Nc1cccc(Cl)c1. The average molecular weight is 407 g/mol. The number of nitrogens with one attached hydrogen (secondary N) is 1. The van der Waals surface area contributed by atoms with Gasteiger partial charge in [-0.1, -0.05) is 35.9 Å². The number of benzene rings is 2. The van der Waals surface area contributed by atoms with Crippen LogP contribution in [0.2, 0.25) is 5.02 Å². The number of carbonyl (C=O) groups excluding carboxylic acids is 1. The Morgan fingerprint density at radius 1 is 1.03 bits per heavy atom. The van der Waals surface area contributed by atoms with Crippen molar-refractivity contribution in [3.8, 4) is 22.9 Å².